The fourth-order valence-electron chi connectivity index (χ4n) is 2.71. The van der Waals surface area contributed by atoms with Gasteiger partial charge in [-0.15, -0.1) is 0 Å². The molecule has 0 unspecified atom stereocenters. The summed E-state index contributed by atoms with van der Waals surface area (Å²) in [7, 11) is 0. The van der Waals surface area contributed by atoms with Crippen LogP contribution in [-0.2, 0) is 0 Å². The first-order valence-electron chi connectivity index (χ1n) is 6.15. The highest BCUT2D eigenvalue weighted by molar-refractivity contribution is 8.00. The summed E-state index contributed by atoms with van der Waals surface area (Å²) in [4.78, 5) is 2.53. The highest BCUT2D eigenvalue weighted by atomic mass is 32.2. The van der Waals surface area contributed by atoms with E-state index in [0.29, 0.717) is 10.8 Å². The summed E-state index contributed by atoms with van der Waals surface area (Å²) >= 11 is 2.08. The van der Waals surface area contributed by atoms with Crippen LogP contribution in [0.1, 0.15) is 39.5 Å². The van der Waals surface area contributed by atoms with Crippen LogP contribution in [0, 0.1) is 0 Å². The van der Waals surface area contributed by atoms with E-state index in [1.165, 1.54) is 31.6 Å². The van der Waals surface area contributed by atoms with Gasteiger partial charge < -0.3 is 5.11 Å². The van der Waals surface area contributed by atoms with Crippen molar-refractivity contribution in [3.05, 3.63) is 0 Å². The molecule has 2 aliphatic rings. The second kappa shape index (κ2) is 4.64. The SMILES string of the molecule is CC1(C)CCN([C@H]2CCC[C@@H]2O)CCS1. The zero-order valence-corrected chi connectivity index (χ0v) is 10.7. The van der Waals surface area contributed by atoms with Crippen LogP contribution in [0.4, 0.5) is 0 Å². The van der Waals surface area contributed by atoms with Crippen LogP contribution < -0.4 is 0 Å². The average Bonchev–Trinajstić information content (AvgIpc) is 2.49. The van der Waals surface area contributed by atoms with Crippen LogP contribution in [0.5, 0.6) is 0 Å². The summed E-state index contributed by atoms with van der Waals surface area (Å²) in [5, 5.41) is 9.91. The van der Waals surface area contributed by atoms with E-state index in [2.05, 4.69) is 30.5 Å². The normalized spacial score (nSPS) is 37.8. The monoisotopic (exact) mass is 229 g/mol. The van der Waals surface area contributed by atoms with Crippen molar-refractivity contribution in [2.24, 2.45) is 0 Å². The van der Waals surface area contributed by atoms with Gasteiger partial charge in [0.2, 0.25) is 0 Å². The zero-order valence-electron chi connectivity index (χ0n) is 9.91. The third kappa shape index (κ3) is 2.89. The Morgan fingerprint density at radius 3 is 2.73 bits per heavy atom. The highest BCUT2D eigenvalue weighted by Gasteiger charge is 2.33. The summed E-state index contributed by atoms with van der Waals surface area (Å²) in [6.07, 6.45) is 4.61. The van der Waals surface area contributed by atoms with E-state index < -0.39 is 0 Å². The van der Waals surface area contributed by atoms with Crippen molar-refractivity contribution in [3.63, 3.8) is 0 Å². The van der Waals surface area contributed by atoms with Crippen molar-refractivity contribution in [3.8, 4) is 0 Å². The van der Waals surface area contributed by atoms with E-state index in [-0.39, 0.29) is 6.10 Å². The van der Waals surface area contributed by atoms with Gasteiger partial charge in [-0.2, -0.15) is 11.8 Å². The maximum Gasteiger partial charge on any atom is 0.0695 e. The summed E-state index contributed by atoms with van der Waals surface area (Å²) in [5.41, 5.74) is 0. The average molecular weight is 229 g/mol. The molecule has 15 heavy (non-hydrogen) atoms. The van der Waals surface area contributed by atoms with Gasteiger partial charge in [0.1, 0.15) is 0 Å². The van der Waals surface area contributed by atoms with Gasteiger partial charge in [0, 0.05) is 23.1 Å². The molecule has 0 aromatic rings. The molecule has 1 aliphatic heterocycles. The molecule has 1 N–H and O–H groups in total. The van der Waals surface area contributed by atoms with Crippen molar-refractivity contribution in [2.75, 3.05) is 18.8 Å². The van der Waals surface area contributed by atoms with Gasteiger partial charge in [0.15, 0.2) is 0 Å². The molecule has 2 nitrogen and oxygen atoms in total. The minimum Gasteiger partial charge on any atom is -0.391 e. The quantitative estimate of drug-likeness (QED) is 0.745. The zero-order chi connectivity index (χ0) is 10.9. The summed E-state index contributed by atoms with van der Waals surface area (Å²) in [5.74, 6) is 1.22. The molecule has 1 heterocycles. The standard InChI is InChI=1S/C12H23NOS/c1-12(2)6-7-13(8-9-15-12)10-4-3-5-11(10)14/h10-11,14H,3-9H2,1-2H3/t10-,11-/m0/s1. The second-order valence-corrected chi connectivity index (χ2v) is 7.26. The molecule has 0 aromatic heterocycles. The van der Waals surface area contributed by atoms with Crippen LogP contribution in [0.25, 0.3) is 0 Å². The second-order valence-electron chi connectivity index (χ2n) is 5.46. The molecule has 0 bridgehead atoms. The molecule has 3 heteroatoms. The Morgan fingerprint density at radius 2 is 2.07 bits per heavy atom. The number of hydrogen-bond acceptors (Lipinski definition) is 3. The van der Waals surface area contributed by atoms with Gasteiger partial charge in [-0.05, 0) is 32.2 Å². The Kier molecular flexibility index (Phi) is 3.63. The topological polar surface area (TPSA) is 23.5 Å². The van der Waals surface area contributed by atoms with Crippen molar-refractivity contribution >= 4 is 11.8 Å². The van der Waals surface area contributed by atoms with Crippen molar-refractivity contribution in [2.45, 2.75) is 56.4 Å². The van der Waals surface area contributed by atoms with Crippen molar-refractivity contribution < 1.29 is 5.11 Å². The van der Waals surface area contributed by atoms with E-state index in [0.717, 1.165) is 13.0 Å². The van der Waals surface area contributed by atoms with E-state index in [4.69, 9.17) is 0 Å². The fourth-order valence-corrected chi connectivity index (χ4v) is 3.83. The van der Waals surface area contributed by atoms with E-state index in [9.17, 15) is 5.11 Å². The lowest BCUT2D eigenvalue weighted by Gasteiger charge is -2.30. The third-order valence-electron chi connectivity index (χ3n) is 3.79. The van der Waals surface area contributed by atoms with Crippen LogP contribution in [0.2, 0.25) is 0 Å². The highest BCUT2D eigenvalue weighted by Crippen LogP contribution is 2.33. The minimum atomic E-state index is -0.0591. The molecule has 1 saturated heterocycles. The molecule has 2 atom stereocenters. The number of aliphatic hydroxyl groups excluding tert-OH is 1. The largest absolute Gasteiger partial charge is 0.391 e. The van der Waals surface area contributed by atoms with Crippen molar-refractivity contribution in [1.82, 2.24) is 4.90 Å². The maximum absolute atomic E-state index is 9.91. The third-order valence-corrected chi connectivity index (χ3v) is 5.16. The first-order chi connectivity index (χ1) is 7.08. The van der Waals surface area contributed by atoms with Crippen molar-refractivity contribution in [1.29, 1.82) is 0 Å². The molecule has 88 valence electrons. The molecule has 0 radical (unpaired) electrons. The van der Waals surface area contributed by atoms with E-state index >= 15 is 0 Å². The molecule has 0 aromatic carbocycles. The lowest BCUT2D eigenvalue weighted by molar-refractivity contribution is 0.0738. The van der Waals surface area contributed by atoms with Gasteiger partial charge in [-0.3, -0.25) is 4.90 Å². The van der Waals surface area contributed by atoms with Gasteiger partial charge in [-0.1, -0.05) is 13.8 Å². The number of hydrogen-bond donors (Lipinski definition) is 1. The first-order valence-corrected chi connectivity index (χ1v) is 7.13. The minimum absolute atomic E-state index is 0.0591. The Balaban J connectivity index is 1.93. The maximum atomic E-state index is 9.91. The summed E-state index contributed by atoms with van der Waals surface area (Å²) in [6, 6.07) is 0.458. The molecule has 1 saturated carbocycles. The number of rotatable bonds is 1. The molecule has 0 amide bonds. The van der Waals surface area contributed by atoms with Gasteiger partial charge in [0.05, 0.1) is 6.10 Å². The number of nitrogens with zero attached hydrogens (tertiary/aromatic N) is 1. The first kappa shape index (κ1) is 11.7. The predicted molar refractivity (Wildman–Crippen MR) is 66.4 cm³/mol. The van der Waals surface area contributed by atoms with Crippen LogP contribution in [0.3, 0.4) is 0 Å². The fraction of sp³-hybridized carbons (Fsp3) is 1.00. The molecule has 1 aliphatic carbocycles. The number of thioether (sulfide) groups is 1. The molecular weight excluding hydrogens is 206 g/mol. The van der Waals surface area contributed by atoms with Crippen LogP contribution in [0.15, 0.2) is 0 Å². The van der Waals surface area contributed by atoms with Crippen LogP contribution in [-0.4, -0.2) is 45.7 Å². The summed E-state index contributed by atoms with van der Waals surface area (Å²) in [6.45, 7) is 7.01. The Morgan fingerprint density at radius 1 is 1.27 bits per heavy atom. The molecular formula is C12H23NOS. The van der Waals surface area contributed by atoms with Crippen LogP contribution >= 0.6 is 11.8 Å². The van der Waals surface area contributed by atoms with Gasteiger partial charge in [0.25, 0.3) is 0 Å². The molecule has 0 spiro atoms. The number of aliphatic hydroxyl groups is 1. The van der Waals surface area contributed by atoms with Gasteiger partial charge >= 0.3 is 0 Å². The lowest BCUT2D eigenvalue weighted by Crippen LogP contribution is -2.41. The van der Waals surface area contributed by atoms with Gasteiger partial charge in [-0.25, -0.2) is 0 Å². The Hall–Kier alpha value is 0.270. The molecule has 2 fully saturated rings. The summed E-state index contributed by atoms with van der Waals surface area (Å²) < 4.78 is 0.429. The molecule has 2 rings (SSSR count). The lowest BCUT2D eigenvalue weighted by atomic mass is 10.1. The van der Waals surface area contributed by atoms with E-state index in [1.54, 1.807) is 0 Å². The van der Waals surface area contributed by atoms with E-state index in [1.807, 2.05) is 0 Å². The Bertz CT molecular complexity index is 220. The Labute approximate surface area is 97.4 Å². The smallest absolute Gasteiger partial charge is 0.0695 e. The predicted octanol–water partition coefficient (Wildman–Crippen LogP) is 2.12.